The maximum absolute atomic E-state index is 11.9. The molecule has 9 heteroatoms. The van der Waals surface area contributed by atoms with Crippen LogP contribution < -0.4 is 5.73 Å². The van der Waals surface area contributed by atoms with Crippen LogP contribution in [0.4, 0.5) is 5.69 Å². The largest absolute Gasteiger partial charge is 0.502 e. The summed E-state index contributed by atoms with van der Waals surface area (Å²) >= 11 is 0. The number of nitro groups is 1. The van der Waals surface area contributed by atoms with Gasteiger partial charge in [0.2, 0.25) is 7.37 Å². The number of hydrogen-bond acceptors (Lipinski definition) is 5. The molecule has 0 saturated heterocycles. The maximum Gasteiger partial charge on any atom is 0.311 e. The lowest BCUT2D eigenvalue weighted by atomic mass is 10.2. The summed E-state index contributed by atoms with van der Waals surface area (Å²) in [6, 6.07) is 3.06. The fourth-order valence-corrected chi connectivity index (χ4v) is 2.90. The lowest BCUT2D eigenvalue weighted by molar-refractivity contribution is -0.386. The Hall–Kier alpha value is -1.47. The molecule has 0 aliphatic carbocycles. The van der Waals surface area contributed by atoms with Gasteiger partial charge in [0, 0.05) is 18.6 Å². The van der Waals surface area contributed by atoms with Gasteiger partial charge in [-0.05, 0) is 11.6 Å². The monoisotopic (exact) mass is 290 g/mol. The van der Waals surface area contributed by atoms with Gasteiger partial charge >= 0.3 is 5.69 Å². The van der Waals surface area contributed by atoms with E-state index in [4.69, 9.17) is 0 Å². The number of quaternary nitrogens is 1. The molecule has 8 nitrogen and oxygen atoms in total. The van der Waals surface area contributed by atoms with Crippen molar-refractivity contribution in [1.82, 2.24) is 0 Å². The predicted octanol–water partition coefficient (Wildman–Crippen LogP) is 0.355. The second kappa shape index (κ2) is 6.12. The van der Waals surface area contributed by atoms with Crippen LogP contribution in [0.5, 0.6) is 5.75 Å². The summed E-state index contributed by atoms with van der Waals surface area (Å²) in [7, 11) is -3.91. The predicted molar refractivity (Wildman–Crippen MR) is 66.2 cm³/mol. The minimum absolute atomic E-state index is 0.0839. The summed E-state index contributed by atoms with van der Waals surface area (Å²) in [4.78, 5) is 19.5. The van der Waals surface area contributed by atoms with Gasteiger partial charge in [-0.1, -0.05) is 6.07 Å². The second-order valence-corrected chi connectivity index (χ2v) is 6.38. The number of rotatable bonds is 6. The third kappa shape index (κ3) is 3.74. The van der Waals surface area contributed by atoms with Crippen LogP contribution >= 0.6 is 7.37 Å². The first kappa shape index (κ1) is 15.6. The average Bonchev–Trinajstić information content (AvgIpc) is 2.35. The molecule has 6 N–H and O–H groups in total. The number of nitro benzene ring substituents is 1. The Morgan fingerprint density at radius 3 is 2.68 bits per heavy atom. The second-order valence-electron chi connectivity index (χ2n) is 3.94. The van der Waals surface area contributed by atoms with Gasteiger partial charge in [-0.15, -0.1) is 0 Å². The fourth-order valence-electron chi connectivity index (χ4n) is 1.48. The summed E-state index contributed by atoms with van der Waals surface area (Å²) in [6.07, 6.45) is 0.0668. The molecule has 0 bridgehead atoms. The van der Waals surface area contributed by atoms with Crippen molar-refractivity contribution in [3.05, 3.63) is 40.4 Å². The zero-order valence-corrected chi connectivity index (χ0v) is 10.9. The Morgan fingerprint density at radius 1 is 1.53 bits per heavy atom. The lowest BCUT2D eigenvalue weighted by Crippen LogP contribution is -2.44. The minimum Gasteiger partial charge on any atom is -0.502 e. The van der Waals surface area contributed by atoms with Gasteiger partial charge in [0.05, 0.1) is 4.92 Å². The van der Waals surface area contributed by atoms with Crippen LogP contribution in [0.15, 0.2) is 18.2 Å². The average molecular weight is 290 g/mol. The first-order valence-corrected chi connectivity index (χ1v) is 7.28. The summed E-state index contributed by atoms with van der Waals surface area (Å²) in [5.41, 5.74) is 2.70. The Bertz CT molecular complexity index is 521. The van der Waals surface area contributed by atoms with Crippen molar-refractivity contribution in [3.63, 3.8) is 0 Å². The fraction of sp³-hybridized carbons (Fsp3) is 0.300. The standard InChI is InChI=1S/C10H15N2O6P/c11-4-1-5-19(17,18)10(14)7-2-3-9(13)8(6-7)12(15)16/h2-4,6,10,13-14H,1,5H2,11H3,(H,17,18)/q+1. The van der Waals surface area contributed by atoms with Crippen LogP contribution in [0.3, 0.4) is 0 Å². The summed E-state index contributed by atoms with van der Waals surface area (Å²) < 4.78 is 11.9. The van der Waals surface area contributed by atoms with Crippen molar-refractivity contribution in [2.75, 3.05) is 6.16 Å². The Morgan fingerprint density at radius 2 is 2.16 bits per heavy atom. The van der Waals surface area contributed by atoms with E-state index in [2.05, 4.69) is 5.73 Å². The van der Waals surface area contributed by atoms with E-state index < -0.39 is 29.6 Å². The molecule has 19 heavy (non-hydrogen) atoms. The van der Waals surface area contributed by atoms with E-state index in [9.17, 15) is 29.8 Å². The molecule has 1 aromatic rings. The van der Waals surface area contributed by atoms with Crippen molar-refractivity contribution >= 4 is 13.1 Å². The lowest BCUT2D eigenvalue weighted by Gasteiger charge is -2.17. The molecule has 2 unspecified atom stereocenters. The van der Waals surface area contributed by atoms with Gasteiger partial charge in [0.15, 0.2) is 11.6 Å². The quantitative estimate of drug-likeness (QED) is 0.337. The van der Waals surface area contributed by atoms with Crippen molar-refractivity contribution in [2.24, 2.45) is 0 Å². The number of phenols is 1. The molecule has 1 aromatic carbocycles. The SMILES string of the molecule is [NH3+][CH]CCP(=O)(O)C(O)c1ccc(O)c([N+](=O)[O-])c1. The highest BCUT2D eigenvalue weighted by atomic mass is 31.2. The molecule has 105 valence electrons. The normalized spacial score (nSPS) is 15.7. The zero-order chi connectivity index (χ0) is 14.6. The van der Waals surface area contributed by atoms with Gasteiger partial charge in [0.25, 0.3) is 0 Å². The van der Waals surface area contributed by atoms with Crippen LogP contribution in [0.2, 0.25) is 0 Å². The third-order valence-corrected chi connectivity index (χ3v) is 4.49. The summed E-state index contributed by atoms with van der Waals surface area (Å²) in [6.45, 7) is 1.44. The van der Waals surface area contributed by atoms with E-state index in [0.717, 1.165) is 12.1 Å². The van der Waals surface area contributed by atoms with Crippen molar-refractivity contribution < 1.29 is 30.3 Å². The molecule has 0 heterocycles. The topological polar surface area (TPSA) is 149 Å². The van der Waals surface area contributed by atoms with Gasteiger partial charge in [-0.25, -0.2) is 0 Å². The van der Waals surface area contributed by atoms with Crippen molar-refractivity contribution in [3.8, 4) is 5.75 Å². The Kier molecular flexibility index (Phi) is 5.02. The first-order chi connectivity index (χ1) is 8.79. The first-order valence-electron chi connectivity index (χ1n) is 5.37. The number of hydrogen-bond donors (Lipinski definition) is 4. The van der Waals surface area contributed by atoms with Gasteiger partial charge in [-0.3, -0.25) is 14.7 Å². The van der Waals surface area contributed by atoms with E-state index in [-0.39, 0.29) is 18.1 Å². The van der Waals surface area contributed by atoms with Crippen molar-refractivity contribution in [1.29, 1.82) is 0 Å². The van der Waals surface area contributed by atoms with Crippen LogP contribution in [0.25, 0.3) is 0 Å². The van der Waals surface area contributed by atoms with E-state index in [0.29, 0.717) is 0 Å². The van der Waals surface area contributed by atoms with E-state index in [1.165, 1.54) is 12.6 Å². The summed E-state index contributed by atoms with van der Waals surface area (Å²) in [5.74, 6) is -2.30. The van der Waals surface area contributed by atoms with Crippen LogP contribution in [0, 0.1) is 16.7 Å². The number of aliphatic hydroxyl groups is 1. The molecule has 0 aliphatic rings. The molecular weight excluding hydrogens is 275 g/mol. The van der Waals surface area contributed by atoms with Crippen LogP contribution in [-0.4, -0.2) is 26.2 Å². The number of aliphatic hydroxyl groups excluding tert-OH is 1. The molecule has 0 amide bonds. The number of nitrogens with zero attached hydrogens (tertiary/aromatic N) is 1. The smallest absolute Gasteiger partial charge is 0.311 e. The van der Waals surface area contributed by atoms with E-state index >= 15 is 0 Å². The van der Waals surface area contributed by atoms with Crippen molar-refractivity contribution in [2.45, 2.75) is 12.3 Å². The molecule has 2 atom stereocenters. The maximum atomic E-state index is 11.9. The number of benzene rings is 1. The zero-order valence-electron chi connectivity index (χ0n) is 9.97. The molecule has 0 fully saturated rings. The van der Waals surface area contributed by atoms with Gasteiger partial charge in [0.1, 0.15) is 6.54 Å². The third-order valence-electron chi connectivity index (χ3n) is 2.53. The Balaban J connectivity index is 3.06. The Labute approximate surface area is 109 Å². The van der Waals surface area contributed by atoms with Crippen LogP contribution in [-0.2, 0) is 4.57 Å². The molecule has 1 rings (SSSR count). The molecular formula is C10H15N2O6P+. The molecule has 0 saturated carbocycles. The summed E-state index contributed by atoms with van der Waals surface area (Å²) in [5, 5.41) is 29.7. The van der Waals surface area contributed by atoms with E-state index in [1.54, 1.807) is 0 Å². The minimum atomic E-state index is -3.91. The number of phenolic OH excluding ortho intramolecular Hbond substituents is 1. The highest BCUT2D eigenvalue weighted by Gasteiger charge is 2.31. The highest BCUT2D eigenvalue weighted by Crippen LogP contribution is 2.54. The molecule has 0 spiro atoms. The van der Waals surface area contributed by atoms with Crippen LogP contribution in [0.1, 0.15) is 17.8 Å². The molecule has 0 aliphatic heterocycles. The highest BCUT2D eigenvalue weighted by molar-refractivity contribution is 7.58. The van der Waals surface area contributed by atoms with E-state index in [1.807, 2.05) is 0 Å². The molecule has 0 aromatic heterocycles. The van der Waals surface area contributed by atoms with Gasteiger partial charge in [-0.2, -0.15) is 0 Å². The molecule has 1 radical (unpaired) electrons. The van der Waals surface area contributed by atoms with Gasteiger partial charge < -0.3 is 20.8 Å². The number of aromatic hydroxyl groups is 1.